The minimum atomic E-state index is -2.36. The second kappa shape index (κ2) is 10.3. The maximum Gasteiger partial charge on any atom is 0.333 e. The second-order valence-electron chi connectivity index (χ2n) is 9.96. The quantitative estimate of drug-likeness (QED) is 0.266. The highest BCUT2D eigenvalue weighted by molar-refractivity contribution is 6.87. The first kappa shape index (κ1) is 27.2. The summed E-state index contributed by atoms with van der Waals surface area (Å²) in [6.07, 6.45) is 0.737. The Kier molecular flexibility index (Phi) is 10.3. The van der Waals surface area contributed by atoms with Gasteiger partial charge in [0.15, 0.2) is 26.4 Å². The number of carbonyl (C=O) groups excluding carboxylic acids is 1. The zero-order valence-corrected chi connectivity index (χ0v) is 26.1. The normalized spacial score (nSPS) is 15.8. The van der Waals surface area contributed by atoms with Crippen molar-refractivity contribution in [3.8, 4) is 0 Å². The summed E-state index contributed by atoms with van der Waals surface area (Å²) in [5.41, 5.74) is 1.67. The number of rotatable bonds is 11. The number of hydrogen-bond donors (Lipinski definition) is 0. The Balaban J connectivity index is 5.45. The molecule has 0 aliphatic carbocycles. The van der Waals surface area contributed by atoms with E-state index >= 15 is 0 Å². The molecule has 0 aliphatic heterocycles. The standard InChI is InChI=1S/C17H42O5Si5/c1-14(2)15(3)16(18)19-17(4,24-20-23)12-13-27(11,21-25(5,6)7)22-26(8,9)10/h12-13,24H2,1-11,23H3. The molecule has 1 atom stereocenters. The van der Waals surface area contributed by atoms with Crippen molar-refractivity contribution >= 4 is 51.4 Å². The molecule has 10 heteroatoms. The van der Waals surface area contributed by atoms with E-state index in [1.165, 1.54) is 0 Å². The Bertz CT molecular complexity index is 519. The van der Waals surface area contributed by atoms with E-state index in [0.717, 1.165) is 18.0 Å². The predicted octanol–water partition coefficient (Wildman–Crippen LogP) is 3.15. The van der Waals surface area contributed by atoms with Gasteiger partial charge in [-0.25, -0.2) is 4.79 Å². The van der Waals surface area contributed by atoms with Crippen molar-refractivity contribution in [3.05, 3.63) is 11.1 Å². The van der Waals surface area contributed by atoms with Crippen molar-refractivity contribution in [2.45, 2.75) is 91.2 Å². The summed E-state index contributed by atoms with van der Waals surface area (Å²) in [6, 6.07) is 0.817. The molecule has 0 amide bonds. The smallest absolute Gasteiger partial charge is 0.333 e. The van der Waals surface area contributed by atoms with E-state index in [0.29, 0.717) is 16.1 Å². The molecule has 160 valence electrons. The monoisotopic (exact) mass is 466 g/mol. The summed E-state index contributed by atoms with van der Waals surface area (Å²) in [6.45, 7) is 23.1. The molecule has 0 fully saturated rings. The van der Waals surface area contributed by atoms with Crippen LogP contribution in [0, 0.1) is 0 Å². The summed E-state index contributed by atoms with van der Waals surface area (Å²) in [7, 11) is -6.16. The van der Waals surface area contributed by atoms with Gasteiger partial charge in [0.25, 0.3) is 0 Å². The van der Waals surface area contributed by atoms with Crippen LogP contribution >= 0.6 is 0 Å². The molecule has 0 aliphatic rings. The first-order valence-corrected chi connectivity index (χ1v) is 21.1. The van der Waals surface area contributed by atoms with E-state index in [2.05, 4.69) is 45.8 Å². The van der Waals surface area contributed by atoms with Crippen molar-refractivity contribution in [2.24, 2.45) is 0 Å². The molecule has 0 aromatic heterocycles. The fraction of sp³-hybridized carbons (Fsp3) is 0.824. The number of allylic oxidation sites excluding steroid dienone is 1. The van der Waals surface area contributed by atoms with Crippen LogP contribution in [0.15, 0.2) is 11.1 Å². The molecule has 0 saturated heterocycles. The van der Waals surface area contributed by atoms with E-state index in [9.17, 15) is 4.79 Å². The lowest BCUT2D eigenvalue weighted by atomic mass is 10.2. The van der Waals surface area contributed by atoms with E-state index in [1.807, 2.05) is 27.7 Å². The van der Waals surface area contributed by atoms with Crippen LogP contribution in [0.4, 0.5) is 0 Å². The maximum absolute atomic E-state index is 12.5. The molecule has 0 aromatic carbocycles. The molecule has 27 heavy (non-hydrogen) atoms. The number of esters is 1. The molecular formula is C17H42O5Si5. The van der Waals surface area contributed by atoms with Crippen LogP contribution in [0.2, 0.25) is 51.9 Å². The first-order chi connectivity index (χ1) is 11.9. The van der Waals surface area contributed by atoms with Gasteiger partial charge in [-0.05, 0) is 86.0 Å². The maximum atomic E-state index is 12.5. The first-order valence-electron chi connectivity index (χ1n) is 9.69. The van der Waals surface area contributed by atoms with Crippen LogP contribution < -0.4 is 0 Å². The minimum Gasteiger partial charge on any atom is -0.465 e. The van der Waals surface area contributed by atoms with Crippen molar-refractivity contribution in [2.75, 3.05) is 0 Å². The Morgan fingerprint density at radius 3 is 1.74 bits per heavy atom. The molecule has 0 heterocycles. The Morgan fingerprint density at radius 2 is 1.41 bits per heavy atom. The predicted molar refractivity (Wildman–Crippen MR) is 128 cm³/mol. The van der Waals surface area contributed by atoms with Gasteiger partial charge < -0.3 is 17.1 Å². The Labute approximate surface area is 175 Å². The number of ether oxygens (including phenoxy) is 1. The van der Waals surface area contributed by atoms with Crippen LogP contribution in [0.3, 0.4) is 0 Å². The van der Waals surface area contributed by atoms with Crippen molar-refractivity contribution in [1.29, 1.82) is 0 Å². The number of carbonyl (C=O) groups is 1. The van der Waals surface area contributed by atoms with Gasteiger partial charge in [0.1, 0.15) is 15.7 Å². The van der Waals surface area contributed by atoms with Crippen LogP contribution in [-0.2, 0) is 21.9 Å². The van der Waals surface area contributed by atoms with Gasteiger partial charge >= 0.3 is 14.5 Å². The molecular weight excluding hydrogens is 425 g/mol. The van der Waals surface area contributed by atoms with E-state index < -0.39 is 40.2 Å². The molecule has 0 bridgehead atoms. The van der Waals surface area contributed by atoms with E-state index in [4.69, 9.17) is 17.1 Å². The lowest BCUT2D eigenvalue weighted by Crippen LogP contribution is -2.54. The Hall–Kier alpha value is 0.174. The highest BCUT2D eigenvalue weighted by Gasteiger charge is 2.43. The average molecular weight is 467 g/mol. The third kappa shape index (κ3) is 11.7. The summed E-state index contributed by atoms with van der Waals surface area (Å²) in [5, 5.41) is -0.532. The van der Waals surface area contributed by atoms with Gasteiger partial charge in [0, 0.05) is 5.57 Å². The topological polar surface area (TPSA) is 54.0 Å². The highest BCUT2D eigenvalue weighted by Crippen LogP contribution is 2.30. The van der Waals surface area contributed by atoms with Gasteiger partial charge in [0.2, 0.25) is 0 Å². The second-order valence-corrected chi connectivity index (χ2v) is 26.9. The SMILES string of the molecule is CC(C)=C(C)C(=O)OC(C)(CC[Si](C)(O[Si](C)(C)C)O[Si](C)(C)C)[SiH2]O[SiH3]. The molecule has 0 spiro atoms. The van der Waals surface area contributed by atoms with E-state index in [-0.39, 0.29) is 5.97 Å². The molecule has 0 N–H and O–H groups in total. The average Bonchev–Trinajstić information content (AvgIpc) is 2.40. The van der Waals surface area contributed by atoms with Gasteiger partial charge in [-0.1, -0.05) is 5.57 Å². The zero-order chi connectivity index (χ0) is 21.7. The molecule has 0 aromatic rings. The summed E-state index contributed by atoms with van der Waals surface area (Å²) < 4.78 is 24.8. The van der Waals surface area contributed by atoms with Crippen molar-refractivity contribution < 1.29 is 21.9 Å². The molecule has 0 radical (unpaired) electrons. The van der Waals surface area contributed by atoms with Crippen LogP contribution in [0.1, 0.15) is 34.1 Å². The number of hydrogen-bond acceptors (Lipinski definition) is 5. The van der Waals surface area contributed by atoms with Crippen molar-refractivity contribution in [3.63, 3.8) is 0 Å². The molecule has 1 unspecified atom stereocenters. The summed E-state index contributed by atoms with van der Waals surface area (Å²) in [4.78, 5) is 12.5. The zero-order valence-electron chi connectivity index (χ0n) is 19.7. The Morgan fingerprint density at radius 1 is 0.963 bits per heavy atom. The molecule has 0 rings (SSSR count). The lowest BCUT2D eigenvalue weighted by Gasteiger charge is -2.40. The van der Waals surface area contributed by atoms with Crippen LogP contribution in [-0.4, -0.2) is 56.6 Å². The van der Waals surface area contributed by atoms with Gasteiger partial charge in [0.05, 0.1) is 0 Å². The molecule has 0 saturated carbocycles. The van der Waals surface area contributed by atoms with Crippen molar-refractivity contribution in [1.82, 2.24) is 0 Å². The van der Waals surface area contributed by atoms with E-state index in [1.54, 1.807) is 0 Å². The highest BCUT2D eigenvalue weighted by atomic mass is 28.5. The van der Waals surface area contributed by atoms with Crippen LogP contribution in [0.25, 0.3) is 0 Å². The van der Waals surface area contributed by atoms with Gasteiger partial charge in [-0.2, -0.15) is 0 Å². The molecule has 5 nitrogen and oxygen atoms in total. The fourth-order valence-electron chi connectivity index (χ4n) is 2.87. The van der Waals surface area contributed by atoms with Gasteiger partial charge in [-0.3, -0.25) is 0 Å². The lowest BCUT2D eigenvalue weighted by molar-refractivity contribution is -0.147. The largest absolute Gasteiger partial charge is 0.465 e. The minimum absolute atomic E-state index is 0.232. The summed E-state index contributed by atoms with van der Waals surface area (Å²) >= 11 is 0. The summed E-state index contributed by atoms with van der Waals surface area (Å²) in [5.74, 6) is -0.232. The fourth-order valence-corrected chi connectivity index (χ4v) is 18.9. The van der Waals surface area contributed by atoms with Crippen LogP contribution in [0.5, 0.6) is 0 Å². The third-order valence-corrected chi connectivity index (χ3v) is 15.8. The van der Waals surface area contributed by atoms with Gasteiger partial charge in [-0.15, -0.1) is 0 Å². The third-order valence-electron chi connectivity index (χ3n) is 4.00.